The normalized spacial score (nSPS) is 14.1. The van der Waals surface area contributed by atoms with E-state index in [0.29, 0.717) is 12.2 Å². The van der Waals surface area contributed by atoms with E-state index >= 15 is 0 Å². The van der Waals surface area contributed by atoms with Crippen molar-refractivity contribution in [2.45, 2.75) is 25.8 Å². The molecule has 1 aliphatic rings. The zero-order valence-corrected chi connectivity index (χ0v) is 17.1. The van der Waals surface area contributed by atoms with Crippen LogP contribution in [0.1, 0.15) is 17.5 Å². The van der Waals surface area contributed by atoms with Gasteiger partial charge < -0.3 is 23.8 Å². The minimum Gasteiger partial charge on any atom is -0.493 e. The van der Waals surface area contributed by atoms with Gasteiger partial charge in [0.25, 0.3) is 0 Å². The Bertz CT molecular complexity index is 776. The molecule has 0 N–H and O–H groups in total. The molecular formula is C21H30N4O3. The Morgan fingerprint density at radius 3 is 2.54 bits per heavy atom. The van der Waals surface area contributed by atoms with Crippen LogP contribution < -0.4 is 9.47 Å². The molecule has 2 aromatic rings. The minimum atomic E-state index is 0.187. The molecule has 0 atom stereocenters. The molecule has 7 nitrogen and oxygen atoms in total. The van der Waals surface area contributed by atoms with Crippen LogP contribution in [0, 0.1) is 0 Å². The van der Waals surface area contributed by atoms with Gasteiger partial charge in [0.15, 0.2) is 11.5 Å². The molecule has 152 valence electrons. The monoisotopic (exact) mass is 386 g/mol. The van der Waals surface area contributed by atoms with E-state index in [0.717, 1.165) is 56.9 Å². The molecule has 0 unspecified atom stereocenters. The van der Waals surface area contributed by atoms with E-state index in [1.807, 2.05) is 29.6 Å². The van der Waals surface area contributed by atoms with Crippen LogP contribution in [0.25, 0.3) is 0 Å². The Labute approximate surface area is 166 Å². The molecule has 3 rings (SSSR count). The van der Waals surface area contributed by atoms with E-state index in [-0.39, 0.29) is 5.91 Å². The van der Waals surface area contributed by atoms with Gasteiger partial charge in [0.2, 0.25) is 5.91 Å². The van der Waals surface area contributed by atoms with Gasteiger partial charge in [-0.1, -0.05) is 0 Å². The summed E-state index contributed by atoms with van der Waals surface area (Å²) in [6.45, 7) is 4.40. The van der Waals surface area contributed by atoms with Crippen LogP contribution in [0.5, 0.6) is 11.5 Å². The summed E-state index contributed by atoms with van der Waals surface area (Å²) in [5.74, 6) is 1.59. The average Bonchev–Trinajstić information content (AvgIpc) is 3.17. The van der Waals surface area contributed by atoms with Crippen molar-refractivity contribution in [3.05, 3.63) is 42.0 Å². The van der Waals surface area contributed by atoms with Crippen LogP contribution in [-0.4, -0.2) is 72.7 Å². The van der Waals surface area contributed by atoms with E-state index in [2.05, 4.69) is 21.5 Å². The third-order valence-corrected chi connectivity index (χ3v) is 5.32. The van der Waals surface area contributed by atoms with Crippen molar-refractivity contribution in [3.63, 3.8) is 0 Å². The lowest BCUT2D eigenvalue weighted by molar-refractivity contribution is -0.130. The molecule has 28 heavy (non-hydrogen) atoms. The lowest BCUT2D eigenvalue weighted by atomic mass is 10.0. The van der Waals surface area contributed by atoms with E-state index in [9.17, 15) is 4.79 Å². The number of ether oxygens (including phenoxy) is 2. The highest BCUT2D eigenvalue weighted by atomic mass is 16.5. The standard InChI is InChI=1S/C21H30N4O3/c1-23(11-12-24-10-6-22-16-24)7-4-8-25-9-5-17-13-19(27-2)20(28-3)14-18(17)15-21(25)26/h6,10,13-14,16H,4-5,7-9,11-12,15H2,1-3H3. The Balaban J connectivity index is 1.50. The average molecular weight is 386 g/mol. The number of benzene rings is 1. The number of carbonyl (C=O) groups is 1. The molecule has 1 amide bonds. The molecule has 0 fully saturated rings. The largest absolute Gasteiger partial charge is 0.493 e. The molecule has 0 radical (unpaired) electrons. The number of carbonyl (C=O) groups excluding carboxylic acids is 1. The first-order valence-electron chi connectivity index (χ1n) is 9.76. The highest BCUT2D eigenvalue weighted by Gasteiger charge is 2.22. The summed E-state index contributed by atoms with van der Waals surface area (Å²) in [5.41, 5.74) is 2.22. The maximum atomic E-state index is 12.7. The van der Waals surface area contributed by atoms with Crippen LogP contribution in [0.2, 0.25) is 0 Å². The van der Waals surface area contributed by atoms with E-state index < -0.39 is 0 Å². The van der Waals surface area contributed by atoms with Crippen molar-refractivity contribution >= 4 is 5.91 Å². The van der Waals surface area contributed by atoms with Gasteiger partial charge in [0.1, 0.15) is 0 Å². The topological polar surface area (TPSA) is 59.8 Å². The Hall–Kier alpha value is -2.54. The summed E-state index contributed by atoms with van der Waals surface area (Å²) in [6, 6.07) is 3.95. The van der Waals surface area contributed by atoms with Crippen molar-refractivity contribution in [2.75, 3.05) is 47.4 Å². The van der Waals surface area contributed by atoms with Crippen molar-refractivity contribution in [1.29, 1.82) is 0 Å². The number of fused-ring (bicyclic) bond motifs is 1. The fraction of sp³-hybridized carbons (Fsp3) is 0.524. The van der Waals surface area contributed by atoms with E-state index in [4.69, 9.17) is 9.47 Å². The number of likely N-dealkylation sites (N-methyl/N-ethyl adjacent to an activating group) is 1. The zero-order valence-electron chi connectivity index (χ0n) is 17.1. The highest BCUT2D eigenvalue weighted by Crippen LogP contribution is 2.32. The van der Waals surface area contributed by atoms with Gasteiger partial charge in [-0.15, -0.1) is 0 Å². The summed E-state index contributed by atoms with van der Waals surface area (Å²) in [6.07, 6.45) is 7.85. The molecule has 1 aromatic carbocycles. The molecular weight excluding hydrogens is 356 g/mol. The Morgan fingerprint density at radius 1 is 1.11 bits per heavy atom. The maximum absolute atomic E-state index is 12.7. The second-order valence-corrected chi connectivity index (χ2v) is 7.24. The molecule has 0 bridgehead atoms. The van der Waals surface area contributed by atoms with Crippen LogP contribution in [-0.2, 0) is 24.2 Å². The number of hydrogen-bond acceptors (Lipinski definition) is 5. The number of hydrogen-bond donors (Lipinski definition) is 0. The smallest absolute Gasteiger partial charge is 0.227 e. The molecule has 0 saturated heterocycles. The van der Waals surface area contributed by atoms with E-state index in [1.54, 1.807) is 20.4 Å². The van der Waals surface area contributed by atoms with Gasteiger partial charge in [-0.25, -0.2) is 4.98 Å². The maximum Gasteiger partial charge on any atom is 0.227 e. The fourth-order valence-corrected chi connectivity index (χ4v) is 3.60. The third kappa shape index (κ3) is 5.04. The van der Waals surface area contributed by atoms with Gasteiger partial charge in [-0.2, -0.15) is 0 Å². The number of imidazole rings is 1. The van der Waals surface area contributed by atoms with Gasteiger partial charge in [-0.3, -0.25) is 4.79 Å². The van der Waals surface area contributed by atoms with Crippen molar-refractivity contribution < 1.29 is 14.3 Å². The second kappa shape index (κ2) is 9.59. The van der Waals surface area contributed by atoms with E-state index in [1.165, 1.54) is 5.56 Å². The van der Waals surface area contributed by atoms with Gasteiger partial charge >= 0.3 is 0 Å². The number of nitrogens with zero attached hydrogens (tertiary/aromatic N) is 4. The minimum absolute atomic E-state index is 0.187. The number of aromatic nitrogens is 2. The molecule has 1 aromatic heterocycles. The third-order valence-electron chi connectivity index (χ3n) is 5.32. The molecule has 0 aliphatic carbocycles. The summed E-state index contributed by atoms with van der Waals surface area (Å²) in [4.78, 5) is 21.1. The predicted octanol–water partition coefficient (Wildman–Crippen LogP) is 1.85. The Kier molecular flexibility index (Phi) is 6.92. The quantitative estimate of drug-likeness (QED) is 0.658. The lowest BCUT2D eigenvalue weighted by Gasteiger charge is -2.23. The Morgan fingerprint density at radius 2 is 1.86 bits per heavy atom. The molecule has 0 saturated carbocycles. The molecule has 1 aliphatic heterocycles. The highest BCUT2D eigenvalue weighted by molar-refractivity contribution is 5.80. The summed E-state index contributed by atoms with van der Waals surface area (Å²) in [5, 5.41) is 0. The summed E-state index contributed by atoms with van der Waals surface area (Å²) < 4.78 is 12.9. The van der Waals surface area contributed by atoms with Crippen LogP contribution in [0.3, 0.4) is 0 Å². The first-order valence-corrected chi connectivity index (χ1v) is 9.76. The number of rotatable bonds is 9. The SMILES string of the molecule is COc1cc2c(cc1OC)CC(=O)N(CCCN(C)CCn1ccnc1)CC2. The summed E-state index contributed by atoms with van der Waals surface area (Å²) >= 11 is 0. The first kappa shape index (κ1) is 20.2. The van der Waals surface area contributed by atoms with Crippen LogP contribution in [0.4, 0.5) is 0 Å². The van der Waals surface area contributed by atoms with Gasteiger partial charge in [0.05, 0.1) is 27.0 Å². The van der Waals surface area contributed by atoms with Crippen molar-refractivity contribution in [2.24, 2.45) is 0 Å². The van der Waals surface area contributed by atoms with Crippen molar-refractivity contribution in [3.8, 4) is 11.5 Å². The van der Waals surface area contributed by atoms with Crippen molar-refractivity contribution in [1.82, 2.24) is 19.4 Å². The van der Waals surface area contributed by atoms with Gasteiger partial charge in [-0.05, 0) is 49.7 Å². The molecule has 7 heteroatoms. The second-order valence-electron chi connectivity index (χ2n) is 7.24. The zero-order chi connectivity index (χ0) is 19.9. The van der Waals surface area contributed by atoms with Crippen LogP contribution in [0.15, 0.2) is 30.9 Å². The summed E-state index contributed by atoms with van der Waals surface area (Å²) in [7, 11) is 5.38. The molecule has 2 heterocycles. The first-order chi connectivity index (χ1) is 13.6. The predicted molar refractivity (Wildman–Crippen MR) is 108 cm³/mol. The number of amides is 1. The number of methoxy groups -OCH3 is 2. The fourth-order valence-electron chi connectivity index (χ4n) is 3.60. The molecule has 0 spiro atoms. The lowest BCUT2D eigenvalue weighted by Crippen LogP contribution is -2.35. The van der Waals surface area contributed by atoms with Gasteiger partial charge in [0, 0.05) is 38.6 Å². The van der Waals surface area contributed by atoms with Crippen LogP contribution >= 0.6 is 0 Å².